The zero-order valence-electron chi connectivity index (χ0n) is 10.6. The van der Waals surface area contributed by atoms with Crippen molar-refractivity contribution in [1.29, 1.82) is 0 Å². The first kappa shape index (κ1) is 13.3. The van der Waals surface area contributed by atoms with E-state index >= 15 is 0 Å². The van der Waals surface area contributed by atoms with Crippen molar-refractivity contribution in [3.63, 3.8) is 0 Å². The molecule has 0 bridgehead atoms. The molecule has 0 radical (unpaired) electrons. The number of unbranched alkanes of at least 4 members (excludes halogenated alkanes) is 2. The van der Waals surface area contributed by atoms with E-state index in [0.29, 0.717) is 0 Å². The Balaban J connectivity index is 2.42. The van der Waals surface area contributed by atoms with Gasteiger partial charge in [0.1, 0.15) is 5.75 Å². The van der Waals surface area contributed by atoms with Crippen molar-refractivity contribution in [2.24, 2.45) is 0 Å². The Morgan fingerprint density at radius 2 is 1.50 bits per heavy atom. The van der Waals surface area contributed by atoms with Crippen LogP contribution in [0.1, 0.15) is 39.5 Å². The zero-order valence-corrected chi connectivity index (χ0v) is 11.8. The first-order chi connectivity index (χ1) is 7.86. The SMILES string of the molecule is CCCC[SiH](CCCC)Oc1ccccc1. The summed E-state index contributed by atoms with van der Waals surface area (Å²) in [5.41, 5.74) is 0. The van der Waals surface area contributed by atoms with E-state index in [1.54, 1.807) is 0 Å². The fraction of sp³-hybridized carbons (Fsp3) is 0.571. The first-order valence-electron chi connectivity index (χ1n) is 6.58. The van der Waals surface area contributed by atoms with Crippen molar-refractivity contribution in [3.8, 4) is 5.75 Å². The van der Waals surface area contributed by atoms with Gasteiger partial charge < -0.3 is 4.43 Å². The average Bonchev–Trinajstić information content (AvgIpc) is 2.34. The van der Waals surface area contributed by atoms with Gasteiger partial charge in [0, 0.05) is 0 Å². The van der Waals surface area contributed by atoms with Gasteiger partial charge in [-0.1, -0.05) is 57.7 Å². The summed E-state index contributed by atoms with van der Waals surface area (Å²) in [5, 5.41) is 0. The molecule has 0 N–H and O–H groups in total. The van der Waals surface area contributed by atoms with Gasteiger partial charge in [-0.25, -0.2) is 0 Å². The van der Waals surface area contributed by atoms with E-state index in [9.17, 15) is 0 Å². The van der Waals surface area contributed by atoms with Gasteiger partial charge in [0.05, 0.1) is 0 Å². The predicted molar refractivity (Wildman–Crippen MR) is 73.6 cm³/mol. The van der Waals surface area contributed by atoms with Crippen LogP contribution in [-0.4, -0.2) is 9.04 Å². The zero-order chi connectivity index (χ0) is 11.6. The van der Waals surface area contributed by atoms with Crippen molar-refractivity contribution in [3.05, 3.63) is 30.3 Å². The monoisotopic (exact) mass is 236 g/mol. The number of hydrogen-bond acceptors (Lipinski definition) is 1. The van der Waals surface area contributed by atoms with Crippen LogP contribution in [0, 0.1) is 0 Å². The Morgan fingerprint density at radius 1 is 0.938 bits per heavy atom. The molecule has 0 aliphatic heterocycles. The highest BCUT2D eigenvalue weighted by Gasteiger charge is 2.12. The fourth-order valence-electron chi connectivity index (χ4n) is 1.82. The maximum absolute atomic E-state index is 6.16. The van der Waals surface area contributed by atoms with Crippen molar-refractivity contribution in [2.75, 3.05) is 0 Å². The van der Waals surface area contributed by atoms with Crippen molar-refractivity contribution >= 4 is 9.04 Å². The molecule has 0 fully saturated rings. The highest BCUT2D eigenvalue weighted by Crippen LogP contribution is 2.16. The molecule has 1 rings (SSSR count). The van der Waals surface area contributed by atoms with Crippen molar-refractivity contribution < 1.29 is 4.43 Å². The molecule has 1 aromatic carbocycles. The molecule has 90 valence electrons. The molecule has 0 heterocycles. The summed E-state index contributed by atoms with van der Waals surface area (Å²) < 4.78 is 6.16. The predicted octanol–water partition coefficient (Wildman–Crippen LogP) is 4.39. The second kappa shape index (κ2) is 8.40. The summed E-state index contributed by atoms with van der Waals surface area (Å²) in [6.45, 7) is 4.52. The van der Waals surface area contributed by atoms with Crippen LogP contribution in [0.15, 0.2) is 30.3 Å². The topological polar surface area (TPSA) is 9.23 Å². The van der Waals surface area contributed by atoms with Gasteiger partial charge in [-0.2, -0.15) is 0 Å². The summed E-state index contributed by atoms with van der Waals surface area (Å²) in [6, 6.07) is 13.0. The van der Waals surface area contributed by atoms with E-state index < -0.39 is 9.04 Å². The lowest BCUT2D eigenvalue weighted by Gasteiger charge is -2.17. The molecular formula is C14H24OSi. The lowest BCUT2D eigenvalue weighted by atomic mass is 10.3. The molecule has 1 nitrogen and oxygen atoms in total. The molecule has 16 heavy (non-hydrogen) atoms. The molecule has 0 spiro atoms. The first-order valence-corrected chi connectivity index (χ1v) is 8.69. The summed E-state index contributed by atoms with van der Waals surface area (Å²) in [6.07, 6.45) is 5.22. The smallest absolute Gasteiger partial charge is 0.235 e. The molecule has 0 aliphatic carbocycles. The molecule has 1 aromatic rings. The molecule has 0 saturated carbocycles. The standard InChI is InChI=1S/C14H24OSi/c1-3-5-12-16(13-6-4-2)15-14-10-8-7-9-11-14/h7-11,16H,3-6,12-13H2,1-2H3. The Kier molecular flexibility index (Phi) is 6.98. The van der Waals surface area contributed by atoms with Crippen molar-refractivity contribution in [1.82, 2.24) is 0 Å². The van der Waals surface area contributed by atoms with Gasteiger partial charge in [-0.15, -0.1) is 0 Å². The van der Waals surface area contributed by atoms with E-state index in [4.69, 9.17) is 4.43 Å². The normalized spacial score (nSPS) is 10.7. The highest BCUT2D eigenvalue weighted by molar-refractivity contribution is 6.52. The Labute approximate surface area is 102 Å². The summed E-state index contributed by atoms with van der Waals surface area (Å²) >= 11 is 0. The largest absolute Gasteiger partial charge is 0.546 e. The minimum Gasteiger partial charge on any atom is -0.546 e. The van der Waals surface area contributed by atoms with E-state index in [2.05, 4.69) is 38.1 Å². The van der Waals surface area contributed by atoms with Crippen LogP contribution in [-0.2, 0) is 0 Å². The average molecular weight is 236 g/mol. The third kappa shape index (κ3) is 5.36. The molecule has 0 aromatic heterocycles. The van der Waals surface area contributed by atoms with E-state index in [0.717, 1.165) is 5.75 Å². The van der Waals surface area contributed by atoms with Gasteiger partial charge in [-0.05, 0) is 24.2 Å². The molecule has 0 amide bonds. The lowest BCUT2D eigenvalue weighted by molar-refractivity contribution is 0.553. The summed E-state index contributed by atoms with van der Waals surface area (Å²) in [4.78, 5) is 0. The van der Waals surface area contributed by atoms with Crippen LogP contribution in [0.5, 0.6) is 5.75 Å². The highest BCUT2D eigenvalue weighted by atomic mass is 28.3. The van der Waals surface area contributed by atoms with Crippen LogP contribution in [0.3, 0.4) is 0 Å². The molecule has 0 unspecified atom stereocenters. The van der Waals surface area contributed by atoms with Crippen LogP contribution >= 0.6 is 0 Å². The van der Waals surface area contributed by atoms with Crippen molar-refractivity contribution in [2.45, 2.75) is 51.6 Å². The Bertz CT molecular complexity index is 253. The number of para-hydroxylation sites is 1. The minimum atomic E-state index is -0.996. The molecule has 0 aliphatic rings. The van der Waals surface area contributed by atoms with Crippen LogP contribution < -0.4 is 4.43 Å². The third-order valence-corrected chi connectivity index (χ3v) is 5.52. The number of hydrogen-bond donors (Lipinski definition) is 0. The summed E-state index contributed by atoms with van der Waals surface area (Å²) in [5.74, 6) is 1.08. The van der Waals surface area contributed by atoms with Gasteiger partial charge >= 0.3 is 0 Å². The van der Waals surface area contributed by atoms with Crippen LogP contribution in [0.4, 0.5) is 0 Å². The second-order valence-corrected chi connectivity index (χ2v) is 6.97. The van der Waals surface area contributed by atoms with E-state index in [1.165, 1.54) is 37.8 Å². The lowest BCUT2D eigenvalue weighted by Crippen LogP contribution is -2.21. The minimum absolute atomic E-state index is 0.996. The van der Waals surface area contributed by atoms with Gasteiger partial charge in [0.25, 0.3) is 0 Å². The molecule has 0 saturated heterocycles. The molecule has 0 atom stereocenters. The fourth-order valence-corrected chi connectivity index (χ4v) is 4.61. The second-order valence-electron chi connectivity index (χ2n) is 4.34. The maximum Gasteiger partial charge on any atom is 0.235 e. The van der Waals surface area contributed by atoms with Gasteiger partial charge in [0.15, 0.2) is 0 Å². The Morgan fingerprint density at radius 3 is 2.00 bits per heavy atom. The molecule has 2 heteroatoms. The van der Waals surface area contributed by atoms with E-state index in [-0.39, 0.29) is 0 Å². The summed E-state index contributed by atoms with van der Waals surface area (Å²) in [7, 11) is -0.996. The van der Waals surface area contributed by atoms with Crippen LogP contribution in [0.25, 0.3) is 0 Å². The number of rotatable bonds is 8. The van der Waals surface area contributed by atoms with Gasteiger partial charge in [0.2, 0.25) is 9.04 Å². The third-order valence-electron chi connectivity index (χ3n) is 2.81. The Hall–Kier alpha value is -0.763. The van der Waals surface area contributed by atoms with Gasteiger partial charge in [-0.3, -0.25) is 0 Å². The quantitative estimate of drug-likeness (QED) is 0.608. The number of benzene rings is 1. The molecular weight excluding hydrogens is 212 g/mol. The van der Waals surface area contributed by atoms with E-state index in [1.807, 2.05) is 6.07 Å². The van der Waals surface area contributed by atoms with Crippen LogP contribution in [0.2, 0.25) is 12.1 Å². The maximum atomic E-state index is 6.16.